The molecule has 4 aromatic rings. The topological polar surface area (TPSA) is 42.1 Å². The summed E-state index contributed by atoms with van der Waals surface area (Å²) >= 11 is 0. The number of benzene rings is 3. The highest BCUT2D eigenvalue weighted by Gasteiger charge is 2.15. The lowest BCUT2D eigenvalue weighted by Gasteiger charge is -2.07. The van der Waals surface area contributed by atoms with Gasteiger partial charge in [-0.3, -0.25) is 0 Å². The van der Waals surface area contributed by atoms with Crippen LogP contribution < -0.4 is 0 Å². The lowest BCUT2D eigenvalue weighted by atomic mass is 9.97. The van der Waals surface area contributed by atoms with Crippen LogP contribution in [0.4, 0.5) is 0 Å². The molecule has 0 unspecified atom stereocenters. The first-order valence-corrected chi connectivity index (χ1v) is 8.13. The molecular weight excluding hydrogens is 310 g/mol. The van der Waals surface area contributed by atoms with Gasteiger partial charge in [-0.25, -0.2) is 4.79 Å². The molecule has 0 saturated carbocycles. The smallest absolute Gasteiger partial charge is 0.337 e. The van der Waals surface area contributed by atoms with E-state index < -0.39 is 0 Å². The van der Waals surface area contributed by atoms with Gasteiger partial charge in [-0.1, -0.05) is 60.7 Å². The Morgan fingerprint density at radius 1 is 0.800 bits per heavy atom. The predicted molar refractivity (Wildman–Crippen MR) is 101 cm³/mol. The molecule has 122 valence electrons. The van der Waals surface area contributed by atoms with Crippen LogP contribution in [0, 0.1) is 0 Å². The third-order valence-corrected chi connectivity index (χ3v) is 4.36. The fraction of sp³-hybridized carbons (Fsp3) is 0.0455. The number of aromatic nitrogens is 1. The Bertz CT molecular complexity index is 1030. The number of fused-ring (bicyclic) bond motifs is 1. The van der Waals surface area contributed by atoms with E-state index in [4.69, 9.17) is 4.74 Å². The Hall–Kier alpha value is -3.33. The number of para-hydroxylation sites is 1. The van der Waals surface area contributed by atoms with Gasteiger partial charge in [0.2, 0.25) is 0 Å². The van der Waals surface area contributed by atoms with E-state index in [-0.39, 0.29) is 5.97 Å². The van der Waals surface area contributed by atoms with Crippen LogP contribution in [0.5, 0.6) is 0 Å². The van der Waals surface area contributed by atoms with Gasteiger partial charge in [0.05, 0.1) is 18.4 Å². The summed E-state index contributed by atoms with van der Waals surface area (Å²) in [5, 5.41) is 1.16. The van der Waals surface area contributed by atoms with Gasteiger partial charge in [-0.2, -0.15) is 0 Å². The van der Waals surface area contributed by atoms with Gasteiger partial charge in [0.1, 0.15) is 0 Å². The molecule has 3 aromatic carbocycles. The maximum absolute atomic E-state index is 11.7. The zero-order valence-electron chi connectivity index (χ0n) is 13.8. The monoisotopic (exact) mass is 327 g/mol. The van der Waals surface area contributed by atoms with Gasteiger partial charge in [0.25, 0.3) is 0 Å². The molecule has 0 aliphatic carbocycles. The molecule has 25 heavy (non-hydrogen) atoms. The molecule has 0 aliphatic heterocycles. The SMILES string of the molecule is COC(=O)c1ccc(-c2c(-c3ccccc3)[nH]c3ccccc23)cc1. The first kappa shape index (κ1) is 15.2. The number of hydrogen-bond acceptors (Lipinski definition) is 2. The summed E-state index contributed by atoms with van der Waals surface area (Å²) in [6.07, 6.45) is 0. The summed E-state index contributed by atoms with van der Waals surface area (Å²) in [7, 11) is 1.39. The van der Waals surface area contributed by atoms with E-state index in [2.05, 4.69) is 29.2 Å². The normalized spacial score (nSPS) is 10.8. The van der Waals surface area contributed by atoms with E-state index in [0.717, 1.165) is 33.3 Å². The molecule has 1 N–H and O–H groups in total. The number of aromatic amines is 1. The van der Waals surface area contributed by atoms with Gasteiger partial charge >= 0.3 is 5.97 Å². The molecule has 0 bridgehead atoms. The summed E-state index contributed by atoms with van der Waals surface area (Å²) in [5.41, 5.74) is 6.04. The largest absolute Gasteiger partial charge is 0.465 e. The van der Waals surface area contributed by atoms with Crippen LogP contribution in [0.25, 0.3) is 33.3 Å². The number of nitrogens with one attached hydrogen (secondary N) is 1. The highest BCUT2D eigenvalue weighted by Crippen LogP contribution is 2.38. The van der Waals surface area contributed by atoms with Crippen molar-refractivity contribution in [2.75, 3.05) is 7.11 Å². The standard InChI is InChI=1S/C22H17NO2/c1-25-22(24)17-13-11-15(12-14-17)20-18-9-5-6-10-19(18)23-21(20)16-7-3-2-4-8-16/h2-14,23H,1H3. The molecule has 0 spiro atoms. The molecule has 0 saturated heterocycles. The van der Waals surface area contributed by atoms with Crippen molar-refractivity contribution in [3.63, 3.8) is 0 Å². The highest BCUT2D eigenvalue weighted by atomic mass is 16.5. The average molecular weight is 327 g/mol. The van der Waals surface area contributed by atoms with Crippen molar-refractivity contribution in [3.05, 3.63) is 84.4 Å². The molecule has 3 nitrogen and oxygen atoms in total. The Morgan fingerprint density at radius 3 is 2.20 bits per heavy atom. The number of carbonyl (C=O) groups excluding carboxylic acids is 1. The minimum absolute atomic E-state index is 0.325. The van der Waals surface area contributed by atoms with Gasteiger partial charge in [-0.05, 0) is 29.3 Å². The molecule has 4 rings (SSSR count). The molecule has 0 atom stereocenters. The van der Waals surface area contributed by atoms with E-state index >= 15 is 0 Å². The first-order valence-electron chi connectivity index (χ1n) is 8.13. The summed E-state index contributed by atoms with van der Waals surface area (Å²) in [6.45, 7) is 0. The van der Waals surface area contributed by atoms with Gasteiger partial charge in [0.15, 0.2) is 0 Å². The molecule has 0 aliphatic rings. The van der Waals surface area contributed by atoms with Crippen molar-refractivity contribution >= 4 is 16.9 Å². The van der Waals surface area contributed by atoms with Crippen LogP contribution in [0.1, 0.15) is 10.4 Å². The van der Waals surface area contributed by atoms with E-state index in [0.29, 0.717) is 5.56 Å². The number of ether oxygens (including phenoxy) is 1. The number of hydrogen-bond donors (Lipinski definition) is 1. The number of methoxy groups -OCH3 is 1. The lowest BCUT2D eigenvalue weighted by molar-refractivity contribution is 0.0601. The fourth-order valence-electron chi connectivity index (χ4n) is 3.15. The maximum Gasteiger partial charge on any atom is 0.337 e. The molecular formula is C22H17NO2. The van der Waals surface area contributed by atoms with Crippen LogP contribution in [-0.2, 0) is 4.74 Å². The van der Waals surface area contributed by atoms with E-state index in [9.17, 15) is 4.79 Å². The van der Waals surface area contributed by atoms with Crippen LogP contribution in [0.3, 0.4) is 0 Å². The van der Waals surface area contributed by atoms with Crippen molar-refractivity contribution in [1.82, 2.24) is 4.98 Å². The summed E-state index contributed by atoms with van der Waals surface area (Å²) in [4.78, 5) is 15.2. The van der Waals surface area contributed by atoms with E-state index in [1.165, 1.54) is 7.11 Å². The molecule has 0 radical (unpaired) electrons. The first-order chi connectivity index (χ1) is 12.3. The maximum atomic E-state index is 11.7. The summed E-state index contributed by atoms with van der Waals surface area (Å²) < 4.78 is 4.79. The van der Waals surface area contributed by atoms with Crippen molar-refractivity contribution in [1.29, 1.82) is 0 Å². The quantitative estimate of drug-likeness (QED) is 0.520. The predicted octanol–water partition coefficient (Wildman–Crippen LogP) is 5.29. The number of carbonyl (C=O) groups is 1. The molecule has 1 heterocycles. The second kappa shape index (κ2) is 6.29. The Balaban J connectivity index is 1.92. The zero-order chi connectivity index (χ0) is 17.2. The van der Waals surface area contributed by atoms with Gasteiger partial charge < -0.3 is 9.72 Å². The summed E-state index contributed by atoms with van der Waals surface area (Å²) in [5.74, 6) is -0.325. The number of rotatable bonds is 3. The van der Waals surface area contributed by atoms with Gasteiger partial charge in [-0.15, -0.1) is 0 Å². The van der Waals surface area contributed by atoms with Crippen LogP contribution in [-0.4, -0.2) is 18.1 Å². The Labute approximate surface area is 145 Å². The lowest BCUT2D eigenvalue weighted by Crippen LogP contribution is -2.00. The minimum atomic E-state index is -0.325. The van der Waals surface area contributed by atoms with E-state index in [1.54, 1.807) is 12.1 Å². The van der Waals surface area contributed by atoms with Crippen molar-refractivity contribution in [3.8, 4) is 22.4 Å². The molecule has 3 heteroatoms. The van der Waals surface area contributed by atoms with Crippen LogP contribution in [0.15, 0.2) is 78.9 Å². The average Bonchev–Trinajstić information content (AvgIpc) is 3.08. The minimum Gasteiger partial charge on any atom is -0.465 e. The molecule has 0 fully saturated rings. The Morgan fingerprint density at radius 2 is 1.48 bits per heavy atom. The fourth-order valence-corrected chi connectivity index (χ4v) is 3.15. The number of esters is 1. The van der Waals surface area contributed by atoms with E-state index in [1.807, 2.05) is 42.5 Å². The van der Waals surface area contributed by atoms with Crippen molar-refractivity contribution in [2.24, 2.45) is 0 Å². The zero-order valence-corrected chi connectivity index (χ0v) is 13.8. The molecule has 0 amide bonds. The summed E-state index contributed by atoms with van der Waals surface area (Å²) in [6, 6.07) is 26.1. The van der Waals surface area contributed by atoms with Crippen LogP contribution >= 0.6 is 0 Å². The molecule has 1 aromatic heterocycles. The van der Waals surface area contributed by atoms with Crippen molar-refractivity contribution in [2.45, 2.75) is 0 Å². The van der Waals surface area contributed by atoms with Gasteiger partial charge in [0, 0.05) is 16.5 Å². The van der Waals surface area contributed by atoms with Crippen molar-refractivity contribution < 1.29 is 9.53 Å². The second-order valence-corrected chi connectivity index (χ2v) is 5.86. The highest BCUT2D eigenvalue weighted by molar-refractivity contribution is 6.04. The van der Waals surface area contributed by atoms with Crippen LogP contribution in [0.2, 0.25) is 0 Å². The second-order valence-electron chi connectivity index (χ2n) is 5.86. The third kappa shape index (κ3) is 2.70. The number of H-pyrrole nitrogens is 1. The third-order valence-electron chi connectivity index (χ3n) is 4.36. The Kier molecular flexibility index (Phi) is 3.82.